The fraction of sp³-hybridized carbons (Fsp3) is 0.536. The number of hydrogen-bond donors (Lipinski definition) is 2. The minimum absolute atomic E-state index is 0.218. The topological polar surface area (TPSA) is 101 Å². The van der Waals surface area contributed by atoms with Gasteiger partial charge in [0.15, 0.2) is 0 Å². The first-order chi connectivity index (χ1) is 17.2. The van der Waals surface area contributed by atoms with E-state index in [9.17, 15) is 14.4 Å². The lowest BCUT2D eigenvalue weighted by molar-refractivity contribution is -0.136. The van der Waals surface area contributed by atoms with Crippen molar-refractivity contribution in [1.82, 2.24) is 15.5 Å². The highest BCUT2D eigenvalue weighted by Crippen LogP contribution is 2.45. The monoisotopic (exact) mass is 495 g/mol. The highest BCUT2D eigenvalue weighted by Gasteiger charge is 2.53. The maximum atomic E-state index is 13.2. The van der Waals surface area contributed by atoms with E-state index in [1.807, 2.05) is 36.4 Å². The maximum absolute atomic E-state index is 13.2. The van der Waals surface area contributed by atoms with Crippen molar-refractivity contribution in [2.24, 2.45) is 11.3 Å². The maximum Gasteiger partial charge on any atom is 0.325 e. The Labute approximate surface area is 212 Å². The van der Waals surface area contributed by atoms with Crippen molar-refractivity contribution >= 4 is 17.8 Å². The van der Waals surface area contributed by atoms with Crippen molar-refractivity contribution in [3.8, 4) is 0 Å². The molecule has 8 nitrogen and oxygen atoms in total. The van der Waals surface area contributed by atoms with E-state index in [0.717, 1.165) is 41.0 Å². The van der Waals surface area contributed by atoms with Gasteiger partial charge < -0.3 is 19.8 Å². The number of rotatable bonds is 10. The lowest BCUT2D eigenvalue weighted by atomic mass is 9.65. The first-order valence-electron chi connectivity index (χ1n) is 12.8. The number of carbonyl (C=O) groups excluding carboxylic acids is 3. The van der Waals surface area contributed by atoms with Crippen molar-refractivity contribution < 1.29 is 23.5 Å². The molecule has 2 N–H and O–H groups in total. The van der Waals surface area contributed by atoms with Gasteiger partial charge in [-0.25, -0.2) is 4.79 Å². The number of ether oxygens (including phenoxy) is 1. The summed E-state index contributed by atoms with van der Waals surface area (Å²) >= 11 is 0. The molecule has 1 saturated heterocycles. The summed E-state index contributed by atoms with van der Waals surface area (Å²) in [6, 6.07) is 10.9. The average molecular weight is 496 g/mol. The fourth-order valence-corrected chi connectivity index (χ4v) is 5.23. The molecule has 1 aromatic carbocycles. The molecule has 0 atom stereocenters. The Bertz CT molecular complexity index is 1070. The first kappa shape index (κ1) is 25.9. The number of carbonyl (C=O) groups is 3. The van der Waals surface area contributed by atoms with E-state index in [0.29, 0.717) is 38.5 Å². The molecule has 0 radical (unpaired) electrons. The van der Waals surface area contributed by atoms with Crippen LogP contribution in [0, 0.1) is 11.3 Å². The molecule has 8 heteroatoms. The molecule has 1 aliphatic heterocycles. The Kier molecular flexibility index (Phi) is 7.83. The van der Waals surface area contributed by atoms with Gasteiger partial charge >= 0.3 is 6.03 Å². The normalized spacial score (nSPS) is 22.2. The minimum atomic E-state index is -0.859. The summed E-state index contributed by atoms with van der Waals surface area (Å²) in [6.07, 6.45) is 5.73. The SMILES string of the molecule is CCC(C)(C)C1CCC2(CC1)NC(=O)N(CC(=O)NCc1cccc(COCc3ccco3)c1)C2=O. The second-order valence-corrected chi connectivity index (χ2v) is 10.7. The van der Waals surface area contributed by atoms with Crippen LogP contribution in [0.1, 0.15) is 69.8 Å². The van der Waals surface area contributed by atoms with Gasteiger partial charge in [0.25, 0.3) is 5.91 Å². The van der Waals surface area contributed by atoms with Gasteiger partial charge in [0, 0.05) is 6.54 Å². The Morgan fingerprint density at radius 3 is 2.61 bits per heavy atom. The van der Waals surface area contributed by atoms with Gasteiger partial charge in [0.2, 0.25) is 5.91 Å². The van der Waals surface area contributed by atoms with Crippen LogP contribution in [0.3, 0.4) is 0 Å². The summed E-state index contributed by atoms with van der Waals surface area (Å²) in [4.78, 5) is 39.5. The van der Waals surface area contributed by atoms with Crippen molar-refractivity contribution in [2.75, 3.05) is 6.54 Å². The van der Waals surface area contributed by atoms with E-state index in [1.54, 1.807) is 6.26 Å². The number of furan rings is 1. The summed E-state index contributed by atoms with van der Waals surface area (Å²) in [5, 5.41) is 5.74. The van der Waals surface area contributed by atoms with E-state index in [1.165, 1.54) is 0 Å². The van der Waals surface area contributed by atoms with Crippen molar-refractivity contribution in [1.29, 1.82) is 0 Å². The quantitative estimate of drug-likeness (QED) is 0.472. The van der Waals surface area contributed by atoms with Gasteiger partial charge in [-0.1, -0.05) is 51.5 Å². The number of benzene rings is 1. The highest BCUT2D eigenvalue weighted by molar-refractivity contribution is 6.09. The molecule has 2 heterocycles. The zero-order valence-corrected chi connectivity index (χ0v) is 21.5. The molecule has 0 unspecified atom stereocenters. The zero-order chi connectivity index (χ0) is 25.8. The number of imide groups is 1. The van der Waals surface area contributed by atoms with E-state index < -0.39 is 11.6 Å². The van der Waals surface area contributed by atoms with Crippen LogP contribution in [0.2, 0.25) is 0 Å². The molecule has 4 amide bonds. The summed E-state index contributed by atoms with van der Waals surface area (Å²) in [7, 11) is 0. The lowest BCUT2D eigenvalue weighted by Gasteiger charge is -2.42. The summed E-state index contributed by atoms with van der Waals surface area (Å²) < 4.78 is 10.9. The minimum Gasteiger partial charge on any atom is -0.467 e. The Balaban J connectivity index is 1.26. The van der Waals surface area contributed by atoms with Gasteiger partial charge in [0.05, 0.1) is 12.9 Å². The van der Waals surface area contributed by atoms with E-state index >= 15 is 0 Å². The molecule has 4 rings (SSSR count). The van der Waals surface area contributed by atoms with Crippen molar-refractivity contribution in [2.45, 2.75) is 78.2 Å². The summed E-state index contributed by atoms with van der Waals surface area (Å²) in [5.74, 6) is 0.655. The van der Waals surface area contributed by atoms with Crippen LogP contribution in [0.5, 0.6) is 0 Å². The predicted octanol–water partition coefficient (Wildman–Crippen LogP) is 4.53. The van der Waals surface area contributed by atoms with Gasteiger partial charge in [-0.05, 0) is 60.3 Å². The molecule has 1 aromatic heterocycles. The predicted molar refractivity (Wildman–Crippen MR) is 134 cm³/mol. The van der Waals surface area contributed by atoms with Crippen LogP contribution in [0.15, 0.2) is 47.1 Å². The second-order valence-electron chi connectivity index (χ2n) is 10.7. The van der Waals surface area contributed by atoms with E-state index in [4.69, 9.17) is 9.15 Å². The summed E-state index contributed by atoms with van der Waals surface area (Å²) in [6.45, 7) is 7.56. The third-order valence-electron chi connectivity index (χ3n) is 7.98. The van der Waals surface area contributed by atoms with Gasteiger partial charge in [0.1, 0.15) is 24.5 Å². The number of urea groups is 1. The van der Waals surface area contributed by atoms with Crippen molar-refractivity contribution in [3.63, 3.8) is 0 Å². The second kappa shape index (κ2) is 10.9. The Hall–Kier alpha value is -3.13. The van der Waals surface area contributed by atoms with Crippen LogP contribution in [-0.2, 0) is 34.1 Å². The van der Waals surface area contributed by atoms with Crippen LogP contribution < -0.4 is 10.6 Å². The average Bonchev–Trinajstić information content (AvgIpc) is 3.46. The van der Waals surface area contributed by atoms with Gasteiger partial charge in [-0.15, -0.1) is 0 Å². The molecule has 36 heavy (non-hydrogen) atoms. The first-order valence-corrected chi connectivity index (χ1v) is 12.8. The molecule has 194 valence electrons. The molecular formula is C28H37N3O5. The number of amides is 4. The molecule has 1 saturated carbocycles. The standard InChI is InChI=1S/C28H37N3O5/c1-4-27(2,3)22-10-12-28(13-11-22)25(33)31(26(34)30-28)17-24(32)29-16-20-7-5-8-21(15-20)18-35-19-23-9-6-14-36-23/h5-9,14-15,22H,4,10-13,16-19H2,1-3H3,(H,29,32)(H,30,34). The lowest BCUT2D eigenvalue weighted by Crippen LogP contribution is -2.51. The van der Waals surface area contributed by atoms with Gasteiger partial charge in [-0.3, -0.25) is 14.5 Å². The molecule has 1 aliphatic carbocycles. The Morgan fingerprint density at radius 2 is 1.92 bits per heavy atom. The van der Waals surface area contributed by atoms with Crippen LogP contribution in [0.4, 0.5) is 4.79 Å². The van der Waals surface area contributed by atoms with E-state index in [2.05, 4.69) is 31.4 Å². The van der Waals surface area contributed by atoms with Crippen molar-refractivity contribution in [3.05, 3.63) is 59.5 Å². The Morgan fingerprint density at radius 1 is 1.17 bits per heavy atom. The van der Waals surface area contributed by atoms with Gasteiger partial charge in [-0.2, -0.15) is 0 Å². The molecule has 0 bridgehead atoms. The largest absolute Gasteiger partial charge is 0.467 e. The molecule has 2 aliphatic rings. The number of nitrogens with one attached hydrogen (secondary N) is 2. The van der Waals surface area contributed by atoms with Crippen LogP contribution >= 0.6 is 0 Å². The molecular weight excluding hydrogens is 458 g/mol. The molecule has 1 spiro atoms. The van der Waals surface area contributed by atoms with Crippen LogP contribution in [0.25, 0.3) is 0 Å². The smallest absolute Gasteiger partial charge is 0.325 e. The fourth-order valence-electron chi connectivity index (χ4n) is 5.23. The molecule has 2 aromatic rings. The number of hydrogen-bond acceptors (Lipinski definition) is 5. The number of nitrogens with zero attached hydrogens (tertiary/aromatic N) is 1. The summed E-state index contributed by atoms with van der Waals surface area (Å²) in [5.41, 5.74) is 1.25. The third-order valence-corrected chi connectivity index (χ3v) is 7.98. The molecule has 2 fully saturated rings. The third kappa shape index (κ3) is 5.81. The zero-order valence-electron chi connectivity index (χ0n) is 21.5. The highest BCUT2D eigenvalue weighted by atomic mass is 16.5. The van der Waals surface area contributed by atoms with E-state index in [-0.39, 0.29) is 23.8 Å². The van der Waals surface area contributed by atoms with Crippen LogP contribution in [-0.4, -0.2) is 34.8 Å².